The molecule has 2 amide bonds. The maximum atomic E-state index is 12.9. The number of ether oxygens (including phenoxy) is 1. The predicted octanol–water partition coefficient (Wildman–Crippen LogP) is 2.37. The molecule has 2 aliphatic heterocycles. The summed E-state index contributed by atoms with van der Waals surface area (Å²) in [4.78, 5) is 36.6. The molecule has 0 aliphatic carbocycles. The normalized spacial score (nSPS) is 18.0. The van der Waals surface area contributed by atoms with E-state index in [9.17, 15) is 9.59 Å². The van der Waals surface area contributed by atoms with E-state index >= 15 is 0 Å². The highest BCUT2D eigenvalue weighted by Gasteiger charge is 2.29. The van der Waals surface area contributed by atoms with Gasteiger partial charge < -0.3 is 19.9 Å². The summed E-state index contributed by atoms with van der Waals surface area (Å²) in [6.45, 7) is 5.54. The molecule has 4 rings (SSSR count). The molecule has 2 aromatic rings. The van der Waals surface area contributed by atoms with Gasteiger partial charge in [-0.2, -0.15) is 0 Å². The molecule has 1 aromatic carbocycles. The Morgan fingerprint density at radius 3 is 2.83 bits per heavy atom. The van der Waals surface area contributed by atoms with Gasteiger partial charge in [0.05, 0.1) is 29.6 Å². The lowest BCUT2D eigenvalue weighted by molar-refractivity contribution is -0.114. The number of benzene rings is 1. The topological polar surface area (TPSA) is 87.7 Å². The highest BCUT2D eigenvalue weighted by Crippen LogP contribution is 2.33. The molecule has 9 heteroatoms. The van der Waals surface area contributed by atoms with Crippen LogP contribution >= 0.6 is 11.6 Å². The van der Waals surface area contributed by atoms with Gasteiger partial charge in [-0.25, -0.2) is 9.97 Å². The van der Waals surface area contributed by atoms with E-state index in [0.717, 1.165) is 6.42 Å². The van der Waals surface area contributed by atoms with Gasteiger partial charge in [-0.05, 0) is 30.7 Å². The van der Waals surface area contributed by atoms with Gasteiger partial charge in [0, 0.05) is 24.7 Å². The Morgan fingerprint density at radius 2 is 2.07 bits per heavy atom. The summed E-state index contributed by atoms with van der Waals surface area (Å²) >= 11 is 5.80. The average molecular weight is 414 g/mol. The first-order valence-electron chi connectivity index (χ1n) is 9.29. The first-order chi connectivity index (χ1) is 14.0. The minimum absolute atomic E-state index is 0.0645. The number of nitrogens with one attached hydrogen (secondary N) is 1. The predicted molar refractivity (Wildman–Crippen MR) is 109 cm³/mol. The monoisotopic (exact) mass is 413 g/mol. The van der Waals surface area contributed by atoms with Gasteiger partial charge in [0.25, 0.3) is 11.8 Å². The van der Waals surface area contributed by atoms with Crippen molar-refractivity contribution in [2.75, 3.05) is 36.5 Å². The van der Waals surface area contributed by atoms with E-state index in [-0.39, 0.29) is 17.9 Å². The van der Waals surface area contributed by atoms with Crippen molar-refractivity contribution >= 4 is 35.1 Å². The van der Waals surface area contributed by atoms with E-state index in [1.54, 1.807) is 28.0 Å². The number of hydrogen-bond donors (Lipinski definition) is 1. The molecule has 1 N–H and O–H groups in total. The van der Waals surface area contributed by atoms with Crippen LogP contribution < -0.4 is 15.0 Å². The summed E-state index contributed by atoms with van der Waals surface area (Å²) in [6, 6.07) is 5.23. The number of likely N-dealkylation sites (tertiary alicyclic amines) is 1. The lowest BCUT2D eigenvalue weighted by atomic mass is 10.1. The number of rotatable bonds is 4. The lowest BCUT2D eigenvalue weighted by Crippen LogP contribution is -2.37. The van der Waals surface area contributed by atoms with E-state index in [0.29, 0.717) is 54.2 Å². The zero-order valence-electron chi connectivity index (χ0n) is 15.7. The number of carbonyl (C=O) groups excluding carboxylic acids is 2. The highest BCUT2D eigenvalue weighted by atomic mass is 35.5. The molecule has 1 atom stereocenters. The summed E-state index contributed by atoms with van der Waals surface area (Å²) < 4.78 is 5.67. The molecule has 0 bridgehead atoms. The van der Waals surface area contributed by atoms with Crippen molar-refractivity contribution in [3.63, 3.8) is 0 Å². The third-order valence-electron chi connectivity index (χ3n) is 4.94. The second-order valence-corrected chi connectivity index (χ2v) is 7.27. The second-order valence-electron chi connectivity index (χ2n) is 6.83. The lowest BCUT2D eigenvalue weighted by Gasteiger charge is -2.29. The van der Waals surface area contributed by atoms with Gasteiger partial charge in [0.15, 0.2) is 0 Å². The molecule has 0 saturated carbocycles. The number of fused-ring (bicyclic) bond motifs is 1. The van der Waals surface area contributed by atoms with Gasteiger partial charge in [-0.1, -0.05) is 18.2 Å². The van der Waals surface area contributed by atoms with Crippen LogP contribution in [0.3, 0.4) is 0 Å². The summed E-state index contributed by atoms with van der Waals surface area (Å²) in [5.74, 6) is 0.750. The maximum Gasteiger partial charge on any atom is 0.254 e. The van der Waals surface area contributed by atoms with Crippen molar-refractivity contribution in [1.82, 2.24) is 14.9 Å². The van der Waals surface area contributed by atoms with Crippen molar-refractivity contribution in [2.24, 2.45) is 0 Å². The van der Waals surface area contributed by atoms with E-state index < -0.39 is 0 Å². The minimum atomic E-state index is -0.188. The molecular weight excluding hydrogens is 394 g/mol. The van der Waals surface area contributed by atoms with Crippen LogP contribution in [-0.2, 0) is 4.79 Å². The van der Waals surface area contributed by atoms with E-state index in [1.165, 1.54) is 18.5 Å². The van der Waals surface area contributed by atoms with Crippen molar-refractivity contribution < 1.29 is 14.3 Å². The molecular formula is C20H20ClN5O3. The van der Waals surface area contributed by atoms with Crippen LogP contribution in [-0.4, -0.2) is 59.0 Å². The maximum absolute atomic E-state index is 12.9. The number of nitrogens with zero attached hydrogens (tertiary/aromatic N) is 4. The summed E-state index contributed by atoms with van der Waals surface area (Å²) in [7, 11) is 0. The van der Waals surface area contributed by atoms with Gasteiger partial charge >= 0.3 is 0 Å². The Bertz CT molecular complexity index is 950. The van der Waals surface area contributed by atoms with Crippen molar-refractivity contribution in [2.45, 2.75) is 12.5 Å². The van der Waals surface area contributed by atoms with Crippen LogP contribution in [0.15, 0.2) is 43.2 Å². The van der Waals surface area contributed by atoms with Crippen LogP contribution in [0.25, 0.3) is 0 Å². The minimum Gasteiger partial charge on any atom is -0.490 e. The third kappa shape index (κ3) is 4.02. The number of carbonyl (C=O) groups is 2. The van der Waals surface area contributed by atoms with Crippen molar-refractivity contribution in [3.8, 4) is 5.75 Å². The number of hydrogen-bond acceptors (Lipinski definition) is 6. The SMILES string of the molecule is C=CC(=O)N1CCOc2cc(C(=O)N3CC[C@@H](Nc4ncc(Cl)cn4)C3)ccc21. The standard InChI is InChI=1S/C20H20ClN5O3/c1-2-18(27)26-7-8-29-17-9-13(3-4-16(17)26)19(28)25-6-5-15(12-25)24-20-22-10-14(21)11-23-20/h2-4,9-11,15H,1,5-8,12H2,(H,22,23,24)/t15-/m1/s1. The van der Waals surface area contributed by atoms with Crippen LogP contribution in [0.1, 0.15) is 16.8 Å². The second kappa shape index (κ2) is 8.08. The fourth-order valence-corrected chi connectivity index (χ4v) is 3.60. The summed E-state index contributed by atoms with van der Waals surface area (Å²) in [6.07, 6.45) is 5.13. The molecule has 8 nitrogen and oxygen atoms in total. The Balaban J connectivity index is 1.44. The molecule has 1 fully saturated rings. The van der Waals surface area contributed by atoms with Gasteiger partial charge in [-0.15, -0.1) is 0 Å². The zero-order chi connectivity index (χ0) is 20.4. The fourth-order valence-electron chi connectivity index (χ4n) is 3.51. The molecule has 150 valence electrons. The molecule has 29 heavy (non-hydrogen) atoms. The average Bonchev–Trinajstić information content (AvgIpc) is 3.22. The number of anilines is 2. The van der Waals surface area contributed by atoms with Gasteiger partial charge in [0.1, 0.15) is 12.4 Å². The third-order valence-corrected chi connectivity index (χ3v) is 5.13. The largest absolute Gasteiger partial charge is 0.490 e. The zero-order valence-corrected chi connectivity index (χ0v) is 16.4. The first-order valence-corrected chi connectivity index (χ1v) is 9.67. The van der Waals surface area contributed by atoms with E-state index in [4.69, 9.17) is 16.3 Å². The quantitative estimate of drug-likeness (QED) is 0.774. The first kappa shape index (κ1) is 19.2. The Hall–Kier alpha value is -3.13. The Labute approximate surface area is 173 Å². The van der Waals surface area contributed by atoms with Crippen molar-refractivity contribution in [3.05, 3.63) is 53.8 Å². The van der Waals surface area contributed by atoms with E-state index in [1.807, 2.05) is 0 Å². The van der Waals surface area contributed by atoms with Crippen molar-refractivity contribution in [1.29, 1.82) is 0 Å². The molecule has 0 radical (unpaired) electrons. The molecule has 0 spiro atoms. The Kier molecular flexibility index (Phi) is 5.35. The fraction of sp³-hybridized carbons (Fsp3) is 0.300. The molecule has 0 unspecified atom stereocenters. The van der Waals surface area contributed by atoms with Crippen LogP contribution in [0.2, 0.25) is 5.02 Å². The summed E-state index contributed by atoms with van der Waals surface area (Å²) in [5, 5.41) is 3.70. The number of aromatic nitrogens is 2. The molecule has 3 heterocycles. The molecule has 1 aromatic heterocycles. The molecule has 1 saturated heterocycles. The smallest absolute Gasteiger partial charge is 0.254 e. The number of amides is 2. The highest BCUT2D eigenvalue weighted by molar-refractivity contribution is 6.30. The van der Waals surface area contributed by atoms with Crippen LogP contribution in [0.4, 0.5) is 11.6 Å². The van der Waals surface area contributed by atoms with Gasteiger partial charge in [0.2, 0.25) is 5.95 Å². The Morgan fingerprint density at radius 1 is 1.28 bits per heavy atom. The number of halogens is 1. The van der Waals surface area contributed by atoms with Gasteiger partial charge in [-0.3, -0.25) is 9.59 Å². The van der Waals surface area contributed by atoms with E-state index in [2.05, 4.69) is 21.9 Å². The molecule has 2 aliphatic rings. The van der Waals surface area contributed by atoms with Crippen LogP contribution in [0, 0.1) is 0 Å². The van der Waals surface area contributed by atoms with Crippen LogP contribution in [0.5, 0.6) is 5.75 Å². The summed E-state index contributed by atoms with van der Waals surface area (Å²) in [5.41, 5.74) is 1.18.